The van der Waals surface area contributed by atoms with Crippen LogP contribution in [0.4, 0.5) is 0 Å². The monoisotopic (exact) mass is 518 g/mol. The predicted molar refractivity (Wildman–Crippen MR) is 154 cm³/mol. The Hall–Kier alpha value is -2.11. The van der Waals surface area contributed by atoms with Gasteiger partial charge in [0.1, 0.15) is 5.44 Å². The van der Waals surface area contributed by atoms with Crippen molar-refractivity contribution in [3.63, 3.8) is 0 Å². The van der Waals surface area contributed by atoms with Crippen molar-refractivity contribution in [2.75, 3.05) is 6.61 Å². The molecule has 0 aliphatic carbocycles. The minimum absolute atomic E-state index is 0.0129. The summed E-state index contributed by atoms with van der Waals surface area (Å²) in [4.78, 5) is 1.26. The Morgan fingerprint density at radius 1 is 0.811 bits per heavy atom. The molecule has 0 aromatic heterocycles. The Morgan fingerprint density at radius 3 is 2.05 bits per heavy atom. The number of hydrogen-bond donors (Lipinski definition) is 0. The molecule has 0 saturated carbocycles. The second kappa shape index (κ2) is 12.6. The Kier molecular flexibility index (Phi) is 9.52. The quantitative estimate of drug-likeness (QED) is 0.285. The number of aryl methyl sites for hydroxylation is 1. The normalized spacial score (nSPS) is 24.2. The van der Waals surface area contributed by atoms with Crippen molar-refractivity contribution in [1.82, 2.24) is 0 Å². The molecular formula is C33H42O3S. The topological polar surface area (TPSA) is 27.7 Å². The molecule has 37 heavy (non-hydrogen) atoms. The van der Waals surface area contributed by atoms with Crippen molar-refractivity contribution in [3.8, 4) is 0 Å². The molecule has 0 amide bonds. The summed E-state index contributed by atoms with van der Waals surface area (Å²) in [6.07, 6.45) is -0.0119. The van der Waals surface area contributed by atoms with Crippen LogP contribution in [0.1, 0.15) is 56.9 Å². The number of thioether (sulfide) groups is 1. The number of benzene rings is 3. The first-order valence-electron chi connectivity index (χ1n) is 13.4. The summed E-state index contributed by atoms with van der Waals surface area (Å²) >= 11 is 1.80. The van der Waals surface area contributed by atoms with Crippen LogP contribution in [-0.2, 0) is 32.8 Å². The van der Waals surface area contributed by atoms with Crippen LogP contribution in [0.3, 0.4) is 0 Å². The standard InChI is InChI=1S/C33H42O3S/c1-23-17-18-28(33(4,5)6)19-30(23)37-32-31(35-21-27-15-11-8-12-16-27)25(3)24(2)29(36-32)22-34-20-26-13-9-7-10-14-26/h7-19,24-25,29,31-32H,20-22H2,1-6H3/t24-,25-,29?,31?,32-/m0/s1. The molecule has 2 unspecified atom stereocenters. The molecule has 3 aromatic carbocycles. The molecule has 1 heterocycles. The van der Waals surface area contributed by atoms with Gasteiger partial charge in [-0.25, -0.2) is 0 Å². The van der Waals surface area contributed by atoms with Crippen LogP contribution in [0.15, 0.2) is 83.8 Å². The smallest absolute Gasteiger partial charge is 0.134 e. The van der Waals surface area contributed by atoms with Gasteiger partial charge in [0.15, 0.2) is 0 Å². The van der Waals surface area contributed by atoms with Gasteiger partial charge in [-0.15, -0.1) is 0 Å². The van der Waals surface area contributed by atoms with Crippen molar-refractivity contribution in [1.29, 1.82) is 0 Å². The molecule has 198 valence electrons. The summed E-state index contributed by atoms with van der Waals surface area (Å²) < 4.78 is 19.6. The Labute approximate surface area is 227 Å². The number of rotatable bonds is 9. The predicted octanol–water partition coefficient (Wildman–Crippen LogP) is 8.18. The van der Waals surface area contributed by atoms with Gasteiger partial charge in [0.05, 0.1) is 32.0 Å². The third kappa shape index (κ3) is 7.48. The lowest BCUT2D eigenvalue weighted by Crippen LogP contribution is -2.50. The molecule has 1 aliphatic heterocycles. The van der Waals surface area contributed by atoms with Gasteiger partial charge in [0, 0.05) is 4.90 Å². The van der Waals surface area contributed by atoms with E-state index in [4.69, 9.17) is 14.2 Å². The lowest BCUT2D eigenvalue weighted by molar-refractivity contribution is -0.174. The first kappa shape index (κ1) is 27.9. The highest BCUT2D eigenvalue weighted by molar-refractivity contribution is 7.99. The fourth-order valence-corrected chi connectivity index (χ4v) is 6.09. The van der Waals surface area contributed by atoms with Crippen molar-refractivity contribution >= 4 is 11.8 Å². The summed E-state index contributed by atoms with van der Waals surface area (Å²) in [5.74, 6) is 0.641. The van der Waals surface area contributed by atoms with Crippen LogP contribution < -0.4 is 0 Å². The van der Waals surface area contributed by atoms with E-state index in [1.54, 1.807) is 11.8 Å². The van der Waals surface area contributed by atoms with Gasteiger partial charge >= 0.3 is 0 Å². The lowest BCUT2D eigenvalue weighted by atomic mass is 9.84. The van der Waals surface area contributed by atoms with E-state index in [0.717, 1.165) is 0 Å². The van der Waals surface area contributed by atoms with Gasteiger partial charge in [0.2, 0.25) is 0 Å². The van der Waals surface area contributed by atoms with Crippen LogP contribution in [-0.4, -0.2) is 24.3 Å². The maximum atomic E-state index is 6.81. The summed E-state index contributed by atoms with van der Waals surface area (Å²) in [6.45, 7) is 15.3. The van der Waals surface area contributed by atoms with Gasteiger partial charge in [-0.3, -0.25) is 0 Å². The highest BCUT2D eigenvalue weighted by atomic mass is 32.2. The van der Waals surface area contributed by atoms with E-state index in [1.807, 2.05) is 12.1 Å². The zero-order valence-corrected chi connectivity index (χ0v) is 24.0. The number of ether oxygens (including phenoxy) is 3. The van der Waals surface area contributed by atoms with Crippen LogP contribution >= 0.6 is 11.8 Å². The van der Waals surface area contributed by atoms with Gasteiger partial charge in [-0.1, -0.05) is 119 Å². The summed E-state index contributed by atoms with van der Waals surface area (Å²) in [6, 6.07) is 27.6. The highest BCUT2D eigenvalue weighted by Crippen LogP contribution is 2.42. The lowest BCUT2D eigenvalue weighted by Gasteiger charge is -2.44. The van der Waals surface area contributed by atoms with Crippen LogP contribution in [0.25, 0.3) is 0 Å². The largest absolute Gasteiger partial charge is 0.374 e. The van der Waals surface area contributed by atoms with Gasteiger partial charge in [-0.2, -0.15) is 0 Å². The Morgan fingerprint density at radius 2 is 1.43 bits per heavy atom. The number of hydrogen-bond acceptors (Lipinski definition) is 4. The maximum absolute atomic E-state index is 6.81. The average Bonchev–Trinajstić information content (AvgIpc) is 2.88. The van der Waals surface area contributed by atoms with E-state index in [1.165, 1.54) is 27.1 Å². The molecular weight excluding hydrogens is 476 g/mol. The molecule has 0 spiro atoms. The first-order valence-corrected chi connectivity index (χ1v) is 14.3. The molecule has 3 nitrogen and oxygen atoms in total. The van der Waals surface area contributed by atoms with E-state index >= 15 is 0 Å². The van der Waals surface area contributed by atoms with Gasteiger partial charge in [0.25, 0.3) is 0 Å². The summed E-state index contributed by atoms with van der Waals surface area (Å²) in [5, 5.41) is 0. The third-order valence-electron chi connectivity index (χ3n) is 7.49. The summed E-state index contributed by atoms with van der Waals surface area (Å²) in [7, 11) is 0. The van der Waals surface area contributed by atoms with Crippen molar-refractivity contribution in [2.24, 2.45) is 11.8 Å². The molecule has 1 fully saturated rings. The second-order valence-corrected chi connectivity index (χ2v) is 12.5. The Balaban J connectivity index is 1.52. The molecule has 5 atom stereocenters. The van der Waals surface area contributed by atoms with E-state index in [2.05, 4.69) is 108 Å². The molecule has 0 N–H and O–H groups in total. The Bertz CT molecular complexity index is 1110. The van der Waals surface area contributed by atoms with E-state index in [9.17, 15) is 0 Å². The molecule has 0 bridgehead atoms. The van der Waals surface area contributed by atoms with Crippen molar-refractivity contribution in [2.45, 2.75) is 82.7 Å². The van der Waals surface area contributed by atoms with E-state index < -0.39 is 0 Å². The zero-order chi connectivity index (χ0) is 26.4. The first-order chi connectivity index (χ1) is 17.7. The molecule has 1 saturated heterocycles. The molecule has 3 aromatic rings. The third-order valence-corrected chi connectivity index (χ3v) is 8.79. The van der Waals surface area contributed by atoms with Crippen LogP contribution in [0.2, 0.25) is 0 Å². The van der Waals surface area contributed by atoms with E-state index in [0.29, 0.717) is 31.7 Å². The minimum Gasteiger partial charge on any atom is -0.374 e. The molecule has 1 aliphatic rings. The fourth-order valence-electron chi connectivity index (χ4n) is 4.73. The van der Waals surface area contributed by atoms with Gasteiger partial charge < -0.3 is 14.2 Å². The van der Waals surface area contributed by atoms with Gasteiger partial charge in [-0.05, 0) is 52.5 Å². The SMILES string of the molecule is Cc1ccc(C(C)(C)C)cc1S[C@@H]1OC(COCc2ccccc2)[C@@H](C)[C@H](C)C1OCc1ccccc1. The molecule has 4 rings (SSSR count). The van der Waals surface area contributed by atoms with Crippen LogP contribution in [0, 0.1) is 18.8 Å². The molecule has 4 heteroatoms. The molecule has 0 radical (unpaired) electrons. The van der Waals surface area contributed by atoms with E-state index in [-0.39, 0.29) is 23.1 Å². The minimum atomic E-state index is -0.117. The van der Waals surface area contributed by atoms with Crippen molar-refractivity contribution in [3.05, 3.63) is 101 Å². The zero-order valence-electron chi connectivity index (χ0n) is 23.1. The van der Waals surface area contributed by atoms with Crippen LogP contribution in [0.5, 0.6) is 0 Å². The average molecular weight is 519 g/mol. The van der Waals surface area contributed by atoms with Crippen molar-refractivity contribution < 1.29 is 14.2 Å². The maximum Gasteiger partial charge on any atom is 0.134 e. The summed E-state index contributed by atoms with van der Waals surface area (Å²) in [5.41, 5.74) is 4.95. The highest BCUT2D eigenvalue weighted by Gasteiger charge is 2.43. The second-order valence-electron chi connectivity index (χ2n) is 11.4. The fraction of sp³-hybridized carbons (Fsp3) is 0.455.